The Labute approximate surface area is 225 Å². The van der Waals surface area contributed by atoms with E-state index in [1.807, 2.05) is 13.8 Å². The van der Waals surface area contributed by atoms with E-state index in [1.54, 1.807) is 0 Å². The lowest BCUT2D eigenvalue weighted by molar-refractivity contribution is 0.504. The highest BCUT2D eigenvalue weighted by Gasteiger charge is 2.18. The van der Waals surface area contributed by atoms with Crippen LogP contribution in [0.15, 0.2) is 52.8 Å². The van der Waals surface area contributed by atoms with Gasteiger partial charge in [-0.3, -0.25) is 0 Å². The van der Waals surface area contributed by atoms with Crippen LogP contribution in [0.2, 0.25) is 0 Å². The summed E-state index contributed by atoms with van der Waals surface area (Å²) in [5.74, 6) is 0.627. The Morgan fingerprint density at radius 3 is 1.97 bits per heavy atom. The Kier molecular flexibility index (Phi) is 18.7. The van der Waals surface area contributed by atoms with E-state index in [1.165, 1.54) is 77.8 Å². The lowest BCUT2D eigenvalue weighted by atomic mass is 9.85. The first kappa shape index (κ1) is 33.8. The van der Waals surface area contributed by atoms with Gasteiger partial charge in [-0.05, 0) is 88.6 Å². The van der Waals surface area contributed by atoms with Gasteiger partial charge in [-0.2, -0.15) is 0 Å². The molecule has 3 rings (SSSR count). The van der Waals surface area contributed by atoms with Gasteiger partial charge in [-0.1, -0.05) is 94.7 Å². The maximum absolute atomic E-state index is 5.75. The van der Waals surface area contributed by atoms with E-state index in [2.05, 4.69) is 89.8 Å². The maximum atomic E-state index is 5.75. The van der Waals surface area contributed by atoms with Crippen molar-refractivity contribution in [2.75, 3.05) is 18.5 Å². The van der Waals surface area contributed by atoms with Gasteiger partial charge in [-0.25, -0.2) is 0 Å². The van der Waals surface area contributed by atoms with Gasteiger partial charge < -0.3 is 10.6 Å². The molecule has 202 valence electrons. The topological polar surface area (TPSA) is 29.3 Å². The summed E-state index contributed by atoms with van der Waals surface area (Å²) in [4.78, 5) is 2.40. The molecule has 0 aliphatic heterocycles. The molecule has 0 spiro atoms. The minimum absolute atomic E-state index is 0.627. The van der Waals surface area contributed by atoms with E-state index in [-0.39, 0.29) is 0 Å². The van der Waals surface area contributed by atoms with Crippen molar-refractivity contribution in [3.05, 3.63) is 63.9 Å². The van der Waals surface area contributed by atoms with E-state index in [0.29, 0.717) is 5.92 Å². The summed E-state index contributed by atoms with van der Waals surface area (Å²) < 4.78 is 0. The molecule has 1 saturated carbocycles. The summed E-state index contributed by atoms with van der Waals surface area (Å²) in [7, 11) is 2.22. The van der Waals surface area contributed by atoms with Gasteiger partial charge in [0.1, 0.15) is 0 Å². The monoisotopic (exact) mass is 492 g/mol. The minimum atomic E-state index is 0.627. The van der Waals surface area contributed by atoms with Gasteiger partial charge in [0.05, 0.1) is 0 Å². The molecule has 0 heterocycles. The van der Waals surface area contributed by atoms with Crippen LogP contribution in [-0.4, -0.2) is 13.6 Å². The standard InChI is InChI=1S/C24H36N2.C6H12.C2H6.C2H2/c1-17-10-13-23(20(4)15-17)26(6)24(9-7-8-14-25)21(5)22-12-11-18(2)19(3)16-22;1-2-4-6-5-3-1;2*1-2/h10-13,15,19H,7-9,14,16,25H2,1-6H3;1-6H2;1-2H3;1-2H/b24-21+;;;. The second-order valence-corrected chi connectivity index (χ2v) is 10.00. The van der Waals surface area contributed by atoms with Crippen LogP contribution >= 0.6 is 0 Å². The second-order valence-electron chi connectivity index (χ2n) is 10.00. The van der Waals surface area contributed by atoms with Crippen LogP contribution in [0.1, 0.15) is 110 Å². The quantitative estimate of drug-likeness (QED) is 0.303. The number of benzene rings is 1. The maximum Gasteiger partial charge on any atom is 0.0435 e. The van der Waals surface area contributed by atoms with Crippen molar-refractivity contribution in [2.24, 2.45) is 11.7 Å². The summed E-state index contributed by atoms with van der Waals surface area (Å²) in [6.07, 6.45) is 26.0. The first-order valence-corrected chi connectivity index (χ1v) is 14.3. The molecule has 0 saturated heterocycles. The highest BCUT2D eigenvalue weighted by molar-refractivity contribution is 5.60. The van der Waals surface area contributed by atoms with E-state index in [0.717, 1.165) is 32.2 Å². The summed E-state index contributed by atoms with van der Waals surface area (Å²) >= 11 is 0. The van der Waals surface area contributed by atoms with Crippen molar-refractivity contribution >= 4 is 5.69 Å². The summed E-state index contributed by atoms with van der Waals surface area (Å²) in [6.45, 7) is 16.0. The van der Waals surface area contributed by atoms with Gasteiger partial charge in [0.15, 0.2) is 0 Å². The van der Waals surface area contributed by atoms with Crippen molar-refractivity contribution in [2.45, 2.75) is 113 Å². The van der Waals surface area contributed by atoms with E-state index < -0.39 is 0 Å². The van der Waals surface area contributed by atoms with E-state index in [9.17, 15) is 0 Å². The fraction of sp³-hybridized carbons (Fsp3) is 0.588. The van der Waals surface area contributed by atoms with Crippen LogP contribution in [0.3, 0.4) is 0 Å². The third kappa shape index (κ3) is 11.7. The Hall–Kier alpha value is -2.24. The number of aryl methyl sites for hydroxylation is 2. The van der Waals surface area contributed by atoms with Crippen LogP contribution < -0.4 is 10.6 Å². The van der Waals surface area contributed by atoms with Crippen LogP contribution in [0.5, 0.6) is 0 Å². The molecule has 0 aromatic heterocycles. The second kappa shape index (κ2) is 19.9. The molecule has 36 heavy (non-hydrogen) atoms. The fourth-order valence-corrected chi connectivity index (χ4v) is 4.85. The predicted octanol–water partition coefficient (Wildman–Crippen LogP) is 9.67. The van der Waals surface area contributed by atoms with Gasteiger partial charge in [0.25, 0.3) is 0 Å². The molecule has 0 radical (unpaired) electrons. The number of rotatable bonds is 7. The fourth-order valence-electron chi connectivity index (χ4n) is 4.85. The molecule has 1 fully saturated rings. The average Bonchev–Trinajstić information content (AvgIpc) is 2.91. The first-order valence-electron chi connectivity index (χ1n) is 14.3. The number of nitrogens with two attached hydrogens (primary N) is 1. The highest BCUT2D eigenvalue weighted by atomic mass is 15.1. The molecule has 2 heteroatoms. The molecule has 1 atom stereocenters. The third-order valence-corrected chi connectivity index (χ3v) is 7.25. The van der Waals surface area contributed by atoms with Gasteiger partial charge in [0, 0.05) is 18.4 Å². The Balaban J connectivity index is 0.00000104. The molecule has 2 N–H and O–H groups in total. The predicted molar refractivity (Wildman–Crippen MR) is 164 cm³/mol. The summed E-state index contributed by atoms with van der Waals surface area (Å²) in [5, 5.41) is 0. The molecule has 2 aliphatic rings. The van der Waals surface area contributed by atoms with Gasteiger partial charge >= 0.3 is 0 Å². The summed E-state index contributed by atoms with van der Waals surface area (Å²) in [5.41, 5.74) is 15.5. The SMILES string of the molecule is C#C.C1CCCCC1.CC.CC1=CC=C(/C(C)=C(\CCCCN)N(C)c2ccc(C)cc2C)CC1C. The number of hydrogen-bond donors (Lipinski definition) is 1. The van der Waals surface area contributed by atoms with Gasteiger partial charge in [0.2, 0.25) is 0 Å². The molecule has 0 bridgehead atoms. The third-order valence-electron chi connectivity index (χ3n) is 7.25. The minimum Gasteiger partial charge on any atom is -0.348 e. The number of hydrogen-bond acceptors (Lipinski definition) is 2. The Morgan fingerprint density at radius 1 is 0.944 bits per heavy atom. The number of nitrogens with zero attached hydrogens (tertiary/aromatic N) is 1. The molecule has 2 nitrogen and oxygen atoms in total. The zero-order valence-electron chi connectivity index (χ0n) is 24.9. The number of terminal acetylenes is 1. The Bertz CT molecular complexity index is 838. The van der Waals surface area contributed by atoms with E-state index in [4.69, 9.17) is 5.73 Å². The summed E-state index contributed by atoms with van der Waals surface area (Å²) in [6, 6.07) is 6.73. The normalized spacial score (nSPS) is 17.4. The zero-order valence-corrected chi connectivity index (χ0v) is 24.9. The van der Waals surface area contributed by atoms with Crippen molar-refractivity contribution < 1.29 is 0 Å². The molecular formula is C34H56N2. The molecule has 1 aromatic rings. The van der Waals surface area contributed by atoms with Crippen LogP contribution in [0.4, 0.5) is 5.69 Å². The molecule has 0 amide bonds. The molecule has 2 aliphatic carbocycles. The Morgan fingerprint density at radius 2 is 1.50 bits per heavy atom. The van der Waals surface area contributed by atoms with Crippen molar-refractivity contribution in [3.8, 4) is 12.8 Å². The average molecular weight is 493 g/mol. The van der Waals surface area contributed by atoms with Crippen LogP contribution in [0.25, 0.3) is 0 Å². The first-order chi connectivity index (χ1) is 17.3. The van der Waals surface area contributed by atoms with Crippen molar-refractivity contribution in [1.29, 1.82) is 0 Å². The molecule has 1 aromatic carbocycles. The zero-order chi connectivity index (χ0) is 27.5. The van der Waals surface area contributed by atoms with Crippen molar-refractivity contribution in [3.63, 3.8) is 0 Å². The van der Waals surface area contributed by atoms with Crippen LogP contribution in [0, 0.1) is 32.6 Å². The number of unbranched alkanes of at least 4 members (excludes halogenated alkanes) is 1. The lowest BCUT2D eigenvalue weighted by Gasteiger charge is -2.29. The van der Waals surface area contributed by atoms with E-state index >= 15 is 0 Å². The van der Waals surface area contributed by atoms with Crippen LogP contribution in [-0.2, 0) is 0 Å². The largest absolute Gasteiger partial charge is 0.348 e. The smallest absolute Gasteiger partial charge is 0.0435 e. The number of anilines is 1. The highest BCUT2D eigenvalue weighted by Crippen LogP contribution is 2.34. The lowest BCUT2D eigenvalue weighted by Crippen LogP contribution is -2.20. The molecule has 1 unspecified atom stereocenters. The number of allylic oxidation sites excluding steroid dienone is 6. The van der Waals surface area contributed by atoms with Gasteiger partial charge in [-0.15, -0.1) is 12.8 Å². The molecular weight excluding hydrogens is 436 g/mol. The van der Waals surface area contributed by atoms with Crippen molar-refractivity contribution in [1.82, 2.24) is 0 Å².